The number of phosphoric ester groups is 2. The van der Waals surface area contributed by atoms with Crippen LogP contribution >= 0.6 is 15.6 Å². The number of hydrogen-bond donors (Lipinski definition) is 4. The van der Waals surface area contributed by atoms with Crippen LogP contribution in [-0.2, 0) is 46.6 Å². The lowest BCUT2D eigenvalue weighted by Gasteiger charge is -2.20. The molecule has 16 heteroatoms. The van der Waals surface area contributed by atoms with Gasteiger partial charge in [0.15, 0.2) is 11.9 Å². The Morgan fingerprint density at radius 2 is 1.22 bits per heavy atom. The number of aliphatic hydroxyl groups is 1. The van der Waals surface area contributed by atoms with Crippen LogP contribution in [0.3, 0.4) is 0 Å². The standard InChI is InChI=1S/C39H68O14P2/c1-4-5-20-26-35(40)27-22-17-13-9-7-6-8-10-14-18-23-28-38(42)49-32-37(33-52-55(47,48)51-31-36(41)30-50-54(44,45)46)53-39(43)29-24-19-15-11-12-16-21-25-34(2)3/h6-7,10,13-14,17,22,27,34,36-37,41H,4-5,8-9,11-12,15-16,18-21,23-26,28-33H2,1-3H3,(H,47,48)(H2,44,45,46)/b7-6-,14-10-,17-13-,27-22+/t36-,37+/m0/s1. The highest BCUT2D eigenvalue weighted by Gasteiger charge is 2.28. The quantitative estimate of drug-likeness (QED) is 0.0116. The maximum absolute atomic E-state index is 12.6. The Labute approximate surface area is 328 Å². The maximum Gasteiger partial charge on any atom is 0.472 e. The van der Waals surface area contributed by atoms with Crippen LogP contribution in [0.4, 0.5) is 0 Å². The number of allylic oxidation sites excluding steroid dienone is 8. The molecule has 0 spiro atoms. The summed E-state index contributed by atoms with van der Waals surface area (Å²) in [5.41, 5.74) is 0. The van der Waals surface area contributed by atoms with Gasteiger partial charge in [-0.25, -0.2) is 9.13 Å². The largest absolute Gasteiger partial charge is 0.472 e. The maximum atomic E-state index is 12.6. The SMILES string of the molecule is CCCCCC(=O)/C=C/C=C\C/C=C\C/C=C\CCCC(=O)OC[C@H](COP(=O)(O)OC[C@@H](O)COP(=O)(O)O)OC(=O)CCCCCCCCCC(C)C. The van der Waals surface area contributed by atoms with E-state index in [-0.39, 0.29) is 18.6 Å². The van der Waals surface area contributed by atoms with E-state index in [4.69, 9.17) is 23.8 Å². The topological polar surface area (TPSA) is 212 Å². The van der Waals surface area contributed by atoms with Crippen LogP contribution in [0, 0.1) is 5.92 Å². The molecular weight excluding hydrogens is 754 g/mol. The van der Waals surface area contributed by atoms with Crippen molar-refractivity contribution >= 4 is 33.4 Å². The highest BCUT2D eigenvalue weighted by atomic mass is 31.2. The molecule has 0 aliphatic heterocycles. The Hall–Kier alpha value is -2.25. The van der Waals surface area contributed by atoms with Gasteiger partial charge in [0.1, 0.15) is 12.7 Å². The summed E-state index contributed by atoms with van der Waals surface area (Å²) in [6.45, 7) is 3.71. The van der Waals surface area contributed by atoms with Crippen LogP contribution < -0.4 is 0 Å². The number of esters is 2. The Morgan fingerprint density at radius 1 is 0.636 bits per heavy atom. The molecule has 3 atom stereocenters. The molecule has 0 saturated carbocycles. The van der Waals surface area contributed by atoms with Crippen molar-refractivity contribution in [3.05, 3.63) is 48.6 Å². The molecule has 0 aliphatic rings. The van der Waals surface area contributed by atoms with E-state index in [1.54, 1.807) is 12.2 Å². The third-order valence-corrected chi connectivity index (χ3v) is 9.30. The molecule has 1 unspecified atom stereocenters. The highest BCUT2D eigenvalue weighted by Crippen LogP contribution is 2.43. The van der Waals surface area contributed by atoms with Gasteiger partial charge in [0.2, 0.25) is 0 Å². The lowest BCUT2D eigenvalue weighted by molar-refractivity contribution is -0.161. The van der Waals surface area contributed by atoms with Gasteiger partial charge in [0.05, 0.1) is 19.8 Å². The van der Waals surface area contributed by atoms with Crippen molar-refractivity contribution in [2.75, 3.05) is 26.4 Å². The smallest absolute Gasteiger partial charge is 0.462 e. The van der Waals surface area contributed by atoms with Crippen LogP contribution in [0.1, 0.15) is 136 Å². The van der Waals surface area contributed by atoms with E-state index in [0.717, 1.165) is 57.8 Å². The van der Waals surface area contributed by atoms with Crippen molar-refractivity contribution < 1.29 is 66.3 Å². The number of hydrogen-bond acceptors (Lipinski definition) is 11. The van der Waals surface area contributed by atoms with Gasteiger partial charge in [-0.15, -0.1) is 0 Å². The van der Waals surface area contributed by atoms with Gasteiger partial charge in [-0.3, -0.25) is 28.0 Å². The third kappa shape index (κ3) is 38.4. The number of carbonyl (C=O) groups excluding carboxylic acids is 3. The Balaban J connectivity index is 4.68. The highest BCUT2D eigenvalue weighted by molar-refractivity contribution is 7.47. The molecule has 0 aliphatic carbocycles. The molecule has 14 nitrogen and oxygen atoms in total. The van der Waals surface area contributed by atoms with E-state index in [1.807, 2.05) is 36.5 Å². The Bertz CT molecular complexity index is 1240. The van der Waals surface area contributed by atoms with Gasteiger partial charge in [-0.05, 0) is 50.5 Å². The first kappa shape index (κ1) is 52.8. The number of rotatable bonds is 36. The molecule has 0 fully saturated rings. The van der Waals surface area contributed by atoms with E-state index < -0.39 is 66.2 Å². The minimum Gasteiger partial charge on any atom is -0.462 e. The summed E-state index contributed by atoms with van der Waals surface area (Å²) in [5.74, 6) is -0.289. The lowest BCUT2D eigenvalue weighted by Crippen LogP contribution is -2.30. The van der Waals surface area contributed by atoms with Gasteiger partial charge in [0, 0.05) is 19.3 Å². The molecule has 0 radical (unpaired) electrons. The first-order chi connectivity index (χ1) is 26.1. The fourth-order valence-electron chi connectivity index (χ4n) is 4.83. The predicted molar refractivity (Wildman–Crippen MR) is 212 cm³/mol. The second-order valence-corrected chi connectivity index (χ2v) is 16.4. The van der Waals surface area contributed by atoms with Crippen LogP contribution in [0.5, 0.6) is 0 Å². The third-order valence-electron chi connectivity index (χ3n) is 7.86. The number of ether oxygens (including phenoxy) is 2. The van der Waals surface area contributed by atoms with E-state index >= 15 is 0 Å². The van der Waals surface area contributed by atoms with Crippen LogP contribution in [0.2, 0.25) is 0 Å². The second kappa shape index (κ2) is 33.8. The van der Waals surface area contributed by atoms with Crippen molar-refractivity contribution in [1.29, 1.82) is 0 Å². The Morgan fingerprint density at radius 3 is 1.89 bits per heavy atom. The number of phosphoric acid groups is 2. The minimum atomic E-state index is -4.87. The normalized spacial score (nSPS) is 14.7. The summed E-state index contributed by atoms with van der Waals surface area (Å²) >= 11 is 0. The summed E-state index contributed by atoms with van der Waals surface area (Å²) < 4.78 is 47.5. The number of carbonyl (C=O) groups is 3. The van der Waals surface area contributed by atoms with Crippen molar-refractivity contribution in [2.24, 2.45) is 5.92 Å². The molecule has 0 rings (SSSR count). The fraction of sp³-hybridized carbons (Fsp3) is 0.718. The first-order valence-electron chi connectivity index (χ1n) is 19.6. The summed E-state index contributed by atoms with van der Waals surface area (Å²) in [6, 6.07) is 0. The van der Waals surface area contributed by atoms with E-state index in [1.165, 1.54) is 19.3 Å². The molecule has 318 valence electrons. The van der Waals surface area contributed by atoms with Crippen LogP contribution in [0.15, 0.2) is 48.6 Å². The molecule has 0 saturated heterocycles. The Kier molecular flexibility index (Phi) is 32.5. The van der Waals surface area contributed by atoms with E-state index in [9.17, 15) is 33.5 Å². The molecule has 4 N–H and O–H groups in total. The van der Waals surface area contributed by atoms with Crippen molar-refractivity contribution in [2.45, 2.75) is 149 Å². The predicted octanol–water partition coefficient (Wildman–Crippen LogP) is 8.54. The zero-order chi connectivity index (χ0) is 41.2. The number of unbranched alkanes of at least 4 members (excludes halogenated alkanes) is 9. The van der Waals surface area contributed by atoms with Crippen molar-refractivity contribution in [3.8, 4) is 0 Å². The second-order valence-electron chi connectivity index (χ2n) is 13.7. The molecular formula is C39H68O14P2. The molecule has 0 bridgehead atoms. The molecule has 0 aromatic rings. The number of aliphatic hydroxyl groups excluding tert-OH is 1. The fourth-order valence-corrected chi connectivity index (χ4v) is 5.99. The molecule has 0 aromatic heterocycles. The van der Waals surface area contributed by atoms with Gasteiger partial charge in [-0.1, -0.05) is 121 Å². The summed E-state index contributed by atoms with van der Waals surface area (Å²) in [6.07, 6.45) is 27.1. The number of ketones is 1. The van der Waals surface area contributed by atoms with E-state index in [2.05, 4.69) is 29.8 Å². The van der Waals surface area contributed by atoms with Crippen molar-refractivity contribution in [1.82, 2.24) is 0 Å². The average Bonchev–Trinajstić information content (AvgIpc) is 3.12. The van der Waals surface area contributed by atoms with Gasteiger partial charge in [0.25, 0.3) is 0 Å². The van der Waals surface area contributed by atoms with E-state index in [0.29, 0.717) is 31.6 Å². The van der Waals surface area contributed by atoms with Gasteiger partial charge >= 0.3 is 27.6 Å². The van der Waals surface area contributed by atoms with Crippen molar-refractivity contribution in [3.63, 3.8) is 0 Å². The molecule has 0 amide bonds. The minimum absolute atomic E-state index is 0.0920. The van der Waals surface area contributed by atoms with Gasteiger partial charge < -0.3 is 29.3 Å². The van der Waals surface area contributed by atoms with Crippen LogP contribution in [-0.4, -0.2) is 76.1 Å². The van der Waals surface area contributed by atoms with Gasteiger partial charge in [-0.2, -0.15) is 0 Å². The summed E-state index contributed by atoms with van der Waals surface area (Å²) in [5, 5.41) is 9.71. The molecule has 0 heterocycles. The zero-order valence-electron chi connectivity index (χ0n) is 33.2. The van der Waals surface area contributed by atoms with Crippen LogP contribution in [0.25, 0.3) is 0 Å². The lowest BCUT2D eigenvalue weighted by atomic mass is 10.0. The molecule has 0 aromatic carbocycles. The average molecular weight is 823 g/mol. The first-order valence-corrected chi connectivity index (χ1v) is 22.7. The summed E-state index contributed by atoms with van der Waals surface area (Å²) in [7, 11) is -9.70. The monoisotopic (exact) mass is 822 g/mol. The molecule has 55 heavy (non-hydrogen) atoms. The zero-order valence-corrected chi connectivity index (χ0v) is 35.0. The summed E-state index contributed by atoms with van der Waals surface area (Å²) in [4.78, 5) is 64.1.